The van der Waals surface area contributed by atoms with Gasteiger partial charge in [0.2, 0.25) is 0 Å². The highest BCUT2D eigenvalue weighted by Gasteiger charge is 2.43. The monoisotopic (exact) mass is 406 g/mol. The molecule has 0 N–H and O–H groups in total. The zero-order valence-electron chi connectivity index (χ0n) is 19.2. The summed E-state index contributed by atoms with van der Waals surface area (Å²) in [4.78, 5) is 25.5. The minimum atomic E-state index is -0.426. The van der Waals surface area contributed by atoms with E-state index >= 15 is 0 Å². The molecule has 2 saturated carbocycles. The summed E-state index contributed by atoms with van der Waals surface area (Å²) in [6.45, 7) is 12.4. The highest BCUT2D eigenvalue weighted by molar-refractivity contribution is 5.93. The molecule has 0 spiro atoms. The van der Waals surface area contributed by atoms with E-state index < -0.39 is 11.6 Å². The molecule has 0 radical (unpaired) electrons. The first-order valence-electron chi connectivity index (χ1n) is 12.0. The second kappa shape index (κ2) is 10.6. The van der Waals surface area contributed by atoms with Gasteiger partial charge < -0.3 is 9.47 Å². The second-order valence-electron chi connectivity index (χ2n) is 9.18. The smallest absolute Gasteiger partial charge is 0.334 e. The second-order valence-corrected chi connectivity index (χ2v) is 9.18. The van der Waals surface area contributed by atoms with Crippen LogP contribution in [0, 0.1) is 11.8 Å². The van der Waals surface area contributed by atoms with E-state index in [-0.39, 0.29) is 23.6 Å². The minimum absolute atomic E-state index is 0.0758. The van der Waals surface area contributed by atoms with Gasteiger partial charge in [-0.05, 0) is 76.0 Å². The Morgan fingerprint density at radius 2 is 1.31 bits per heavy atom. The van der Waals surface area contributed by atoms with Crippen molar-refractivity contribution in [3.05, 3.63) is 12.2 Å². The summed E-state index contributed by atoms with van der Waals surface area (Å²) in [6, 6.07) is 0. The Morgan fingerprint density at radius 1 is 0.828 bits per heavy atom. The molecule has 2 aliphatic rings. The zero-order valence-corrected chi connectivity index (χ0v) is 19.2. The summed E-state index contributed by atoms with van der Waals surface area (Å²) in [5.74, 6) is 0.0305. The highest BCUT2D eigenvalue weighted by atomic mass is 16.6. The molecule has 0 amide bonds. The van der Waals surface area contributed by atoms with Gasteiger partial charge in [0.15, 0.2) is 0 Å². The molecule has 0 aliphatic heterocycles. The Balaban J connectivity index is 1.99. The van der Waals surface area contributed by atoms with Crippen molar-refractivity contribution >= 4 is 11.9 Å². The molecular formula is C25H42O4. The molecule has 166 valence electrons. The van der Waals surface area contributed by atoms with Crippen molar-refractivity contribution in [2.75, 3.05) is 0 Å². The first-order valence-corrected chi connectivity index (χ1v) is 12.0. The summed E-state index contributed by atoms with van der Waals surface area (Å²) >= 11 is 0. The van der Waals surface area contributed by atoms with Crippen molar-refractivity contribution in [3.8, 4) is 0 Å². The third-order valence-electron chi connectivity index (χ3n) is 7.74. The Hall–Kier alpha value is -1.32. The molecule has 0 aromatic heterocycles. The van der Waals surface area contributed by atoms with Crippen LogP contribution in [0.4, 0.5) is 0 Å². The summed E-state index contributed by atoms with van der Waals surface area (Å²) in [5, 5.41) is 0. The minimum Gasteiger partial charge on any atom is -0.459 e. The molecule has 29 heavy (non-hydrogen) atoms. The van der Waals surface area contributed by atoms with E-state index in [1.807, 2.05) is 0 Å². The van der Waals surface area contributed by atoms with E-state index in [0.29, 0.717) is 11.8 Å². The van der Waals surface area contributed by atoms with Gasteiger partial charge in [0.25, 0.3) is 0 Å². The van der Waals surface area contributed by atoms with E-state index in [1.54, 1.807) is 0 Å². The Bertz CT molecular complexity index is 583. The fraction of sp³-hybridized carbons (Fsp3) is 0.840. The fourth-order valence-electron chi connectivity index (χ4n) is 5.83. The lowest BCUT2D eigenvalue weighted by atomic mass is 9.72. The molecule has 0 aromatic carbocycles. The molecule has 0 saturated heterocycles. The fourth-order valence-corrected chi connectivity index (χ4v) is 5.83. The van der Waals surface area contributed by atoms with Gasteiger partial charge in [-0.15, -0.1) is 0 Å². The number of carbonyl (C=O) groups excluding carboxylic acids is 2. The quantitative estimate of drug-likeness (QED) is 0.323. The predicted molar refractivity (Wildman–Crippen MR) is 116 cm³/mol. The van der Waals surface area contributed by atoms with Gasteiger partial charge in [-0.25, -0.2) is 4.79 Å². The Kier molecular flexibility index (Phi) is 8.78. The summed E-state index contributed by atoms with van der Waals surface area (Å²) < 4.78 is 12.1. The third kappa shape index (κ3) is 5.44. The van der Waals surface area contributed by atoms with Gasteiger partial charge in [-0.3, -0.25) is 4.79 Å². The van der Waals surface area contributed by atoms with Crippen molar-refractivity contribution in [2.24, 2.45) is 11.8 Å². The van der Waals surface area contributed by atoms with Crippen LogP contribution < -0.4 is 0 Å². The summed E-state index contributed by atoms with van der Waals surface area (Å²) in [7, 11) is 0. The first kappa shape index (κ1) is 24.0. The van der Waals surface area contributed by atoms with Crippen molar-refractivity contribution in [2.45, 2.75) is 122 Å². The molecule has 4 atom stereocenters. The SMILES string of the molecule is C=C(CC(=O)OC1(CC)CCCCC1CC)C(=O)OC1(CC)CCCCC1CC. The predicted octanol–water partition coefficient (Wildman–Crippen LogP) is 6.52. The third-order valence-corrected chi connectivity index (χ3v) is 7.74. The Labute approximate surface area is 177 Å². The number of esters is 2. The maximum absolute atomic E-state index is 12.8. The van der Waals surface area contributed by atoms with E-state index in [4.69, 9.17) is 9.47 Å². The molecular weight excluding hydrogens is 364 g/mol. The van der Waals surface area contributed by atoms with Crippen LogP contribution >= 0.6 is 0 Å². The highest BCUT2D eigenvalue weighted by Crippen LogP contribution is 2.43. The molecule has 4 heteroatoms. The lowest BCUT2D eigenvalue weighted by Gasteiger charge is -2.43. The number of ether oxygens (including phenoxy) is 2. The van der Waals surface area contributed by atoms with Gasteiger partial charge in [0, 0.05) is 5.57 Å². The molecule has 0 bridgehead atoms. The average Bonchev–Trinajstić information content (AvgIpc) is 2.73. The van der Waals surface area contributed by atoms with Crippen LogP contribution in [0.2, 0.25) is 0 Å². The lowest BCUT2D eigenvalue weighted by molar-refractivity contribution is -0.175. The van der Waals surface area contributed by atoms with Gasteiger partial charge in [0.1, 0.15) is 11.2 Å². The normalized spacial score (nSPS) is 32.4. The molecule has 4 nitrogen and oxygen atoms in total. The molecule has 2 aliphatic carbocycles. The number of hydrogen-bond acceptors (Lipinski definition) is 4. The molecule has 0 heterocycles. The van der Waals surface area contributed by atoms with Crippen molar-refractivity contribution in [1.82, 2.24) is 0 Å². The van der Waals surface area contributed by atoms with Crippen molar-refractivity contribution in [1.29, 1.82) is 0 Å². The average molecular weight is 407 g/mol. The van der Waals surface area contributed by atoms with E-state index in [2.05, 4.69) is 34.3 Å². The van der Waals surface area contributed by atoms with Gasteiger partial charge in [-0.1, -0.05) is 47.1 Å². The summed E-state index contributed by atoms with van der Waals surface area (Å²) in [5.41, 5.74) is -0.563. The van der Waals surface area contributed by atoms with Gasteiger partial charge in [0.05, 0.1) is 6.42 Å². The molecule has 4 unspecified atom stereocenters. The molecule has 0 aromatic rings. The van der Waals surface area contributed by atoms with E-state index in [1.165, 1.54) is 12.8 Å². The molecule has 2 fully saturated rings. The zero-order chi connectivity index (χ0) is 21.5. The standard InChI is InChI=1S/C25H42O4/c1-6-20-14-10-12-16-24(20,8-3)28-22(26)18-19(5)23(27)29-25(9-4)17-13-11-15-21(25)7-2/h20-21H,5-18H2,1-4H3. The van der Waals surface area contributed by atoms with Crippen LogP contribution in [0.1, 0.15) is 111 Å². The summed E-state index contributed by atoms with van der Waals surface area (Å²) in [6.07, 6.45) is 12.2. The van der Waals surface area contributed by atoms with Crippen LogP contribution in [0.3, 0.4) is 0 Å². The van der Waals surface area contributed by atoms with Crippen LogP contribution in [-0.2, 0) is 19.1 Å². The topological polar surface area (TPSA) is 52.6 Å². The van der Waals surface area contributed by atoms with Crippen molar-refractivity contribution < 1.29 is 19.1 Å². The number of rotatable bonds is 9. The first-order chi connectivity index (χ1) is 13.9. The molecule has 2 rings (SSSR count). The van der Waals surface area contributed by atoms with Crippen LogP contribution in [0.5, 0.6) is 0 Å². The maximum Gasteiger partial charge on any atom is 0.334 e. The maximum atomic E-state index is 12.8. The van der Waals surface area contributed by atoms with E-state index in [9.17, 15) is 9.59 Å². The van der Waals surface area contributed by atoms with Crippen molar-refractivity contribution in [3.63, 3.8) is 0 Å². The van der Waals surface area contributed by atoms with Crippen LogP contribution in [0.15, 0.2) is 12.2 Å². The Morgan fingerprint density at radius 3 is 1.76 bits per heavy atom. The van der Waals surface area contributed by atoms with E-state index in [0.717, 1.165) is 64.2 Å². The largest absolute Gasteiger partial charge is 0.459 e. The van der Waals surface area contributed by atoms with Crippen LogP contribution in [0.25, 0.3) is 0 Å². The number of carbonyl (C=O) groups is 2. The number of hydrogen-bond donors (Lipinski definition) is 0. The van der Waals surface area contributed by atoms with Gasteiger partial charge in [-0.2, -0.15) is 0 Å². The van der Waals surface area contributed by atoms with Gasteiger partial charge >= 0.3 is 11.9 Å². The lowest BCUT2D eigenvalue weighted by Crippen LogP contribution is -2.45. The van der Waals surface area contributed by atoms with Crippen LogP contribution in [-0.4, -0.2) is 23.1 Å².